The fraction of sp³-hybridized carbons (Fsp3) is 0.458. The van der Waals surface area contributed by atoms with Crippen LogP contribution in [0.1, 0.15) is 42.6 Å². The van der Waals surface area contributed by atoms with Gasteiger partial charge in [-0.1, -0.05) is 12.1 Å². The van der Waals surface area contributed by atoms with Crippen molar-refractivity contribution in [2.24, 2.45) is 0 Å². The summed E-state index contributed by atoms with van der Waals surface area (Å²) in [5, 5.41) is 2.84. The van der Waals surface area contributed by atoms with Gasteiger partial charge >= 0.3 is 0 Å². The highest BCUT2D eigenvalue weighted by Crippen LogP contribution is 2.22. The molecular weight excluding hydrogens is 426 g/mol. The Morgan fingerprint density at radius 3 is 2.16 bits per heavy atom. The molecule has 0 spiro atoms. The van der Waals surface area contributed by atoms with Gasteiger partial charge in [0.25, 0.3) is 5.91 Å². The molecule has 1 amide bonds. The maximum Gasteiger partial charge on any atom is 0.255 e. The van der Waals surface area contributed by atoms with Crippen molar-refractivity contribution >= 4 is 21.6 Å². The van der Waals surface area contributed by atoms with E-state index in [1.165, 1.54) is 4.31 Å². The number of anilines is 1. The molecule has 172 valence electrons. The standard InChI is InChI=1S/C24H31N3O4S/c1-18-15-26(16-19(2)31-18)17-20-5-7-21(8-6-20)24(28)25-22-9-11-23(12-10-22)32(29,30)27-13-3-4-14-27/h5-12,18-19H,3-4,13-17H2,1-2H3,(H,25,28). The van der Waals surface area contributed by atoms with Crippen LogP contribution in [0.15, 0.2) is 53.4 Å². The molecule has 2 saturated heterocycles. The molecule has 0 aromatic heterocycles. The zero-order valence-corrected chi connectivity index (χ0v) is 19.5. The Labute approximate surface area is 190 Å². The van der Waals surface area contributed by atoms with Crippen LogP contribution >= 0.6 is 0 Å². The van der Waals surface area contributed by atoms with Crippen LogP contribution in [0.25, 0.3) is 0 Å². The lowest BCUT2D eigenvalue weighted by atomic mass is 10.1. The molecule has 2 aliphatic rings. The molecule has 2 aromatic rings. The van der Waals surface area contributed by atoms with E-state index in [1.54, 1.807) is 24.3 Å². The van der Waals surface area contributed by atoms with E-state index in [0.717, 1.165) is 38.0 Å². The van der Waals surface area contributed by atoms with Gasteiger partial charge in [-0.3, -0.25) is 9.69 Å². The van der Waals surface area contributed by atoms with Gasteiger partial charge < -0.3 is 10.1 Å². The first kappa shape index (κ1) is 22.9. The lowest BCUT2D eigenvalue weighted by Crippen LogP contribution is -2.44. The summed E-state index contributed by atoms with van der Waals surface area (Å²) in [5.41, 5.74) is 2.28. The lowest BCUT2D eigenvalue weighted by molar-refractivity contribution is -0.0704. The van der Waals surface area contributed by atoms with Crippen LogP contribution in [0.4, 0.5) is 5.69 Å². The Morgan fingerprint density at radius 2 is 1.56 bits per heavy atom. The third-order valence-electron chi connectivity index (χ3n) is 5.93. The molecule has 2 aromatic carbocycles. The summed E-state index contributed by atoms with van der Waals surface area (Å²) < 4.78 is 32.6. The minimum Gasteiger partial charge on any atom is -0.373 e. The molecule has 2 heterocycles. The van der Waals surface area contributed by atoms with Gasteiger partial charge in [0, 0.05) is 44.0 Å². The number of sulfonamides is 1. The van der Waals surface area contributed by atoms with Gasteiger partial charge in [-0.15, -0.1) is 0 Å². The summed E-state index contributed by atoms with van der Waals surface area (Å²) in [6.45, 7) is 7.94. The molecule has 7 nitrogen and oxygen atoms in total. The van der Waals surface area contributed by atoms with E-state index in [0.29, 0.717) is 24.3 Å². The summed E-state index contributed by atoms with van der Waals surface area (Å²) in [7, 11) is -3.45. The van der Waals surface area contributed by atoms with Crippen LogP contribution < -0.4 is 5.32 Å². The third-order valence-corrected chi connectivity index (χ3v) is 7.85. The van der Waals surface area contributed by atoms with E-state index >= 15 is 0 Å². The number of hydrogen-bond acceptors (Lipinski definition) is 5. The summed E-state index contributed by atoms with van der Waals surface area (Å²) in [6.07, 6.45) is 2.24. The number of hydrogen-bond donors (Lipinski definition) is 1. The first-order valence-electron chi connectivity index (χ1n) is 11.2. The van der Waals surface area contributed by atoms with E-state index in [1.807, 2.05) is 24.3 Å². The van der Waals surface area contributed by atoms with Crippen LogP contribution in [0, 0.1) is 0 Å². The summed E-state index contributed by atoms with van der Waals surface area (Å²) >= 11 is 0. The van der Waals surface area contributed by atoms with Crippen LogP contribution in [0.3, 0.4) is 0 Å². The van der Waals surface area contributed by atoms with E-state index in [-0.39, 0.29) is 23.0 Å². The van der Waals surface area contributed by atoms with Crippen molar-refractivity contribution in [2.45, 2.75) is 50.3 Å². The van der Waals surface area contributed by atoms with E-state index in [9.17, 15) is 13.2 Å². The van der Waals surface area contributed by atoms with Crippen molar-refractivity contribution in [1.29, 1.82) is 0 Å². The molecule has 8 heteroatoms. The van der Waals surface area contributed by atoms with Gasteiger partial charge in [0.1, 0.15) is 0 Å². The monoisotopic (exact) mass is 457 g/mol. The molecule has 0 saturated carbocycles. The molecule has 2 fully saturated rings. The van der Waals surface area contributed by atoms with Gasteiger partial charge in [0.15, 0.2) is 0 Å². The second kappa shape index (κ2) is 9.70. The Morgan fingerprint density at radius 1 is 0.969 bits per heavy atom. The van der Waals surface area contributed by atoms with E-state index in [2.05, 4.69) is 24.1 Å². The number of carbonyl (C=O) groups is 1. The largest absolute Gasteiger partial charge is 0.373 e. The van der Waals surface area contributed by atoms with Gasteiger partial charge in [0.2, 0.25) is 10.0 Å². The van der Waals surface area contributed by atoms with Crippen LogP contribution in [0.2, 0.25) is 0 Å². The number of ether oxygens (including phenoxy) is 1. The summed E-state index contributed by atoms with van der Waals surface area (Å²) in [4.78, 5) is 15.3. The smallest absolute Gasteiger partial charge is 0.255 e. The molecule has 2 unspecified atom stereocenters. The predicted octanol–water partition coefficient (Wildman–Crippen LogP) is 3.33. The predicted molar refractivity (Wildman–Crippen MR) is 124 cm³/mol. The average molecular weight is 458 g/mol. The number of nitrogens with zero attached hydrogens (tertiary/aromatic N) is 2. The molecule has 2 atom stereocenters. The fourth-order valence-electron chi connectivity index (χ4n) is 4.42. The van der Waals surface area contributed by atoms with Crippen molar-refractivity contribution in [3.8, 4) is 0 Å². The van der Waals surface area contributed by atoms with Crippen LogP contribution in [-0.4, -0.2) is 61.9 Å². The van der Waals surface area contributed by atoms with Crippen molar-refractivity contribution in [3.05, 3.63) is 59.7 Å². The SMILES string of the molecule is CC1CN(Cc2ccc(C(=O)Nc3ccc(S(=O)(=O)N4CCCC4)cc3)cc2)CC(C)O1. The van der Waals surface area contributed by atoms with Crippen molar-refractivity contribution in [3.63, 3.8) is 0 Å². The Balaban J connectivity index is 1.35. The maximum absolute atomic E-state index is 12.6. The van der Waals surface area contributed by atoms with Gasteiger partial charge in [-0.25, -0.2) is 8.42 Å². The average Bonchev–Trinajstić information content (AvgIpc) is 3.30. The van der Waals surface area contributed by atoms with Crippen LogP contribution in [0.5, 0.6) is 0 Å². The Bertz CT molecular complexity index is 1020. The zero-order valence-electron chi connectivity index (χ0n) is 18.7. The minimum absolute atomic E-state index is 0.222. The fourth-order valence-corrected chi connectivity index (χ4v) is 5.94. The zero-order chi connectivity index (χ0) is 22.7. The van der Waals surface area contributed by atoms with Gasteiger partial charge in [-0.05, 0) is 68.7 Å². The third kappa shape index (κ3) is 5.38. The van der Waals surface area contributed by atoms with Crippen molar-refractivity contribution in [1.82, 2.24) is 9.21 Å². The number of amides is 1. The number of morpholine rings is 1. The van der Waals surface area contributed by atoms with E-state index < -0.39 is 10.0 Å². The normalized spacial score (nSPS) is 22.7. The first-order valence-corrected chi connectivity index (χ1v) is 12.6. The van der Waals surface area contributed by atoms with E-state index in [4.69, 9.17) is 4.74 Å². The second-order valence-corrected chi connectivity index (χ2v) is 10.7. The van der Waals surface area contributed by atoms with Crippen LogP contribution in [-0.2, 0) is 21.3 Å². The maximum atomic E-state index is 12.6. The van der Waals surface area contributed by atoms with Crippen molar-refractivity contribution < 1.29 is 17.9 Å². The number of nitrogens with one attached hydrogen (secondary N) is 1. The first-order chi connectivity index (χ1) is 15.3. The molecule has 2 aliphatic heterocycles. The highest BCUT2D eigenvalue weighted by molar-refractivity contribution is 7.89. The molecule has 1 N–H and O–H groups in total. The quantitative estimate of drug-likeness (QED) is 0.720. The van der Waals surface area contributed by atoms with Gasteiger partial charge in [0.05, 0.1) is 17.1 Å². The Hall–Kier alpha value is -2.26. The molecule has 0 radical (unpaired) electrons. The Kier molecular flexibility index (Phi) is 6.95. The number of carbonyl (C=O) groups excluding carboxylic acids is 1. The number of rotatable bonds is 6. The van der Waals surface area contributed by atoms with Gasteiger partial charge in [-0.2, -0.15) is 4.31 Å². The van der Waals surface area contributed by atoms with Crippen molar-refractivity contribution in [2.75, 3.05) is 31.5 Å². The molecular formula is C24H31N3O4S. The topological polar surface area (TPSA) is 79.0 Å². The highest BCUT2D eigenvalue weighted by Gasteiger charge is 2.27. The second-order valence-electron chi connectivity index (χ2n) is 8.74. The molecule has 0 aliphatic carbocycles. The highest BCUT2D eigenvalue weighted by atomic mass is 32.2. The molecule has 32 heavy (non-hydrogen) atoms. The molecule has 4 rings (SSSR count). The lowest BCUT2D eigenvalue weighted by Gasteiger charge is -2.35. The minimum atomic E-state index is -3.45. The summed E-state index contributed by atoms with van der Waals surface area (Å²) in [5.74, 6) is -0.222. The summed E-state index contributed by atoms with van der Waals surface area (Å²) in [6, 6.07) is 14.0. The number of benzene rings is 2. The molecule has 0 bridgehead atoms.